The first kappa shape index (κ1) is 14.7. The lowest BCUT2D eigenvalue weighted by atomic mass is 10.1. The Hall–Kier alpha value is -2.35. The van der Waals surface area contributed by atoms with Gasteiger partial charge in [0.25, 0.3) is 5.69 Å². The molecular weight excluding hydrogens is 242 g/mol. The minimum absolute atomic E-state index is 0.0605. The third-order valence-electron chi connectivity index (χ3n) is 2.77. The molecule has 0 aliphatic rings. The smallest absolute Gasteiger partial charge is 0.293 e. The lowest BCUT2D eigenvalue weighted by Gasteiger charge is -2.14. The molecule has 0 aliphatic carbocycles. The number of nitriles is 1. The predicted octanol–water partition coefficient (Wildman–Crippen LogP) is 3.62. The molecule has 1 rings (SSSR count). The van der Waals surface area contributed by atoms with Gasteiger partial charge in [0.1, 0.15) is 5.69 Å². The van der Waals surface area contributed by atoms with Crippen LogP contribution in [0.4, 0.5) is 11.4 Å². The molecule has 0 saturated heterocycles. The molecule has 1 N–H and O–H groups in total. The molecule has 0 fully saturated rings. The molecule has 5 heteroatoms. The molecule has 0 bridgehead atoms. The van der Waals surface area contributed by atoms with Gasteiger partial charge in [-0.25, -0.2) is 0 Å². The van der Waals surface area contributed by atoms with Crippen molar-refractivity contribution in [3.05, 3.63) is 46.5 Å². The molecule has 19 heavy (non-hydrogen) atoms. The Morgan fingerprint density at radius 3 is 2.95 bits per heavy atom. The number of rotatable bonds is 7. The summed E-state index contributed by atoms with van der Waals surface area (Å²) >= 11 is 0. The topological polar surface area (TPSA) is 79.0 Å². The van der Waals surface area contributed by atoms with E-state index in [1.54, 1.807) is 12.1 Å². The van der Waals surface area contributed by atoms with Gasteiger partial charge in [-0.15, -0.1) is 6.58 Å². The molecule has 0 saturated carbocycles. The van der Waals surface area contributed by atoms with Crippen LogP contribution in [0.15, 0.2) is 30.9 Å². The third-order valence-corrected chi connectivity index (χ3v) is 2.77. The van der Waals surface area contributed by atoms with Crippen LogP contribution >= 0.6 is 0 Å². The second-order valence-electron chi connectivity index (χ2n) is 4.37. The van der Waals surface area contributed by atoms with Crippen LogP contribution in [-0.4, -0.2) is 11.0 Å². The number of allylic oxidation sites excluding steroid dienone is 1. The molecule has 1 unspecified atom stereocenters. The van der Waals surface area contributed by atoms with Crippen LogP contribution in [0.2, 0.25) is 0 Å². The van der Waals surface area contributed by atoms with Gasteiger partial charge in [0.05, 0.1) is 16.6 Å². The molecule has 0 spiro atoms. The van der Waals surface area contributed by atoms with Crippen molar-refractivity contribution in [1.29, 1.82) is 5.26 Å². The van der Waals surface area contributed by atoms with E-state index in [1.807, 2.05) is 19.1 Å². The van der Waals surface area contributed by atoms with Gasteiger partial charge in [-0.05, 0) is 38.3 Å². The first-order valence-corrected chi connectivity index (χ1v) is 6.14. The summed E-state index contributed by atoms with van der Waals surface area (Å²) in [5.74, 6) is 0. The summed E-state index contributed by atoms with van der Waals surface area (Å²) in [7, 11) is 0. The summed E-state index contributed by atoms with van der Waals surface area (Å²) in [6, 6.07) is 6.48. The molecule has 100 valence electrons. The Morgan fingerprint density at radius 1 is 1.63 bits per heavy atom. The van der Waals surface area contributed by atoms with E-state index >= 15 is 0 Å². The van der Waals surface area contributed by atoms with Crippen molar-refractivity contribution < 1.29 is 4.92 Å². The van der Waals surface area contributed by atoms with E-state index in [9.17, 15) is 10.1 Å². The Kier molecular flexibility index (Phi) is 5.55. The number of nitro benzene ring substituents is 1. The van der Waals surface area contributed by atoms with Gasteiger partial charge >= 0.3 is 0 Å². The van der Waals surface area contributed by atoms with Crippen LogP contribution in [-0.2, 0) is 0 Å². The molecule has 0 radical (unpaired) electrons. The number of hydrogen-bond acceptors (Lipinski definition) is 4. The molecule has 1 atom stereocenters. The second kappa shape index (κ2) is 7.17. The third kappa shape index (κ3) is 4.43. The summed E-state index contributed by atoms with van der Waals surface area (Å²) < 4.78 is 0. The number of nitro groups is 1. The summed E-state index contributed by atoms with van der Waals surface area (Å²) in [4.78, 5) is 10.5. The summed E-state index contributed by atoms with van der Waals surface area (Å²) in [6.45, 7) is 5.63. The summed E-state index contributed by atoms with van der Waals surface area (Å²) in [5, 5.41) is 22.8. The van der Waals surface area contributed by atoms with Gasteiger partial charge in [-0.3, -0.25) is 10.1 Å². The van der Waals surface area contributed by atoms with Crippen LogP contribution < -0.4 is 5.32 Å². The Morgan fingerprint density at radius 2 is 2.37 bits per heavy atom. The zero-order chi connectivity index (χ0) is 14.3. The largest absolute Gasteiger partial charge is 0.377 e. The molecule has 0 heterocycles. The first-order valence-electron chi connectivity index (χ1n) is 6.14. The fraction of sp³-hybridized carbons (Fsp3) is 0.357. The lowest BCUT2D eigenvalue weighted by Crippen LogP contribution is -2.15. The quantitative estimate of drug-likeness (QED) is 0.351. The van der Waals surface area contributed by atoms with E-state index < -0.39 is 4.92 Å². The highest BCUT2D eigenvalue weighted by atomic mass is 16.6. The maximum atomic E-state index is 11.0. The minimum Gasteiger partial charge on any atom is -0.377 e. The van der Waals surface area contributed by atoms with E-state index in [0.717, 1.165) is 19.3 Å². The normalized spacial score (nSPS) is 11.4. The maximum absolute atomic E-state index is 11.0. The molecule has 0 aliphatic heterocycles. The SMILES string of the molecule is C=CCCCC(C)Nc1ccc(C#N)cc1[N+](=O)[O-]. The highest BCUT2D eigenvalue weighted by Crippen LogP contribution is 2.26. The Labute approximate surface area is 112 Å². The van der Waals surface area contributed by atoms with E-state index in [2.05, 4.69) is 11.9 Å². The fourth-order valence-electron chi connectivity index (χ4n) is 1.78. The number of hydrogen-bond donors (Lipinski definition) is 1. The van der Waals surface area contributed by atoms with Gasteiger partial charge in [0.2, 0.25) is 0 Å². The maximum Gasteiger partial charge on any atom is 0.293 e. The van der Waals surface area contributed by atoms with Gasteiger partial charge in [-0.2, -0.15) is 5.26 Å². The number of anilines is 1. The number of nitrogens with one attached hydrogen (secondary N) is 1. The Bertz CT molecular complexity index is 506. The van der Waals surface area contributed by atoms with Gasteiger partial charge in [0, 0.05) is 12.1 Å². The van der Waals surface area contributed by atoms with Gasteiger partial charge < -0.3 is 5.32 Å². The molecule has 1 aromatic rings. The number of benzene rings is 1. The molecule has 0 aromatic heterocycles. The zero-order valence-electron chi connectivity index (χ0n) is 10.9. The molecule has 1 aromatic carbocycles. The predicted molar refractivity (Wildman–Crippen MR) is 74.9 cm³/mol. The highest BCUT2D eigenvalue weighted by molar-refractivity contribution is 5.64. The molecular formula is C14H17N3O2. The van der Waals surface area contributed by atoms with Crippen LogP contribution in [0.3, 0.4) is 0 Å². The van der Waals surface area contributed by atoms with Crippen LogP contribution in [0.5, 0.6) is 0 Å². The standard InChI is InChI=1S/C14H17N3O2/c1-3-4-5-6-11(2)16-13-8-7-12(10-15)9-14(13)17(18)19/h3,7-9,11,16H,1,4-6H2,2H3. The van der Waals surface area contributed by atoms with Crippen molar-refractivity contribution in [2.45, 2.75) is 32.2 Å². The van der Waals surface area contributed by atoms with Crippen molar-refractivity contribution in [3.63, 3.8) is 0 Å². The minimum atomic E-state index is -0.473. The monoisotopic (exact) mass is 259 g/mol. The van der Waals surface area contributed by atoms with Crippen molar-refractivity contribution in [2.75, 3.05) is 5.32 Å². The van der Waals surface area contributed by atoms with Crippen molar-refractivity contribution in [2.24, 2.45) is 0 Å². The van der Waals surface area contributed by atoms with Crippen LogP contribution in [0.25, 0.3) is 0 Å². The number of nitrogens with zero attached hydrogens (tertiary/aromatic N) is 2. The summed E-state index contributed by atoms with van der Waals surface area (Å²) in [6.07, 6.45) is 4.68. The fourth-order valence-corrected chi connectivity index (χ4v) is 1.78. The van der Waals surface area contributed by atoms with Crippen LogP contribution in [0, 0.1) is 21.4 Å². The van der Waals surface area contributed by atoms with E-state index in [0.29, 0.717) is 5.69 Å². The van der Waals surface area contributed by atoms with E-state index in [-0.39, 0.29) is 17.3 Å². The van der Waals surface area contributed by atoms with Crippen molar-refractivity contribution >= 4 is 11.4 Å². The van der Waals surface area contributed by atoms with Gasteiger partial charge in [0.15, 0.2) is 0 Å². The average Bonchev–Trinajstić information content (AvgIpc) is 2.39. The Balaban J connectivity index is 2.80. The second-order valence-corrected chi connectivity index (χ2v) is 4.37. The van der Waals surface area contributed by atoms with E-state index in [1.165, 1.54) is 6.07 Å². The van der Waals surface area contributed by atoms with Crippen LogP contribution in [0.1, 0.15) is 31.7 Å². The first-order chi connectivity index (χ1) is 9.08. The van der Waals surface area contributed by atoms with E-state index in [4.69, 9.17) is 5.26 Å². The zero-order valence-corrected chi connectivity index (χ0v) is 10.9. The van der Waals surface area contributed by atoms with Crippen molar-refractivity contribution in [1.82, 2.24) is 0 Å². The van der Waals surface area contributed by atoms with Crippen molar-refractivity contribution in [3.8, 4) is 6.07 Å². The molecule has 0 amide bonds. The summed E-state index contributed by atoms with van der Waals surface area (Å²) in [5.41, 5.74) is 0.682. The molecule has 5 nitrogen and oxygen atoms in total. The number of unbranched alkanes of at least 4 members (excludes halogenated alkanes) is 1. The highest BCUT2D eigenvalue weighted by Gasteiger charge is 2.16. The average molecular weight is 259 g/mol. The van der Waals surface area contributed by atoms with Gasteiger partial charge in [-0.1, -0.05) is 6.08 Å². The lowest BCUT2D eigenvalue weighted by molar-refractivity contribution is -0.384.